The number of aliphatic carboxylic acids is 1. The van der Waals surface area contributed by atoms with Crippen molar-refractivity contribution in [3.05, 3.63) is 34.3 Å². The highest BCUT2D eigenvalue weighted by Gasteiger charge is 2.45. The fourth-order valence-electron chi connectivity index (χ4n) is 1.96. The lowest BCUT2D eigenvalue weighted by Gasteiger charge is -2.27. The van der Waals surface area contributed by atoms with Gasteiger partial charge in [-0.2, -0.15) is 26.3 Å². The van der Waals surface area contributed by atoms with Gasteiger partial charge in [0.2, 0.25) is 0 Å². The average molecular weight is 422 g/mol. The molecule has 24 heavy (non-hydrogen) atoms. The molecule has 0 spiro atoms. The second kappa shape index (κ2) is 7.73. The molecule has 0 aliphatic heterocycles. The standard InChI is InChI=1S/C14H14BrF6NO2/c1-7(13(16,17)18)6-10(12(23)24)22-11(14(19,20)21)8-2-4-9(15)5-3-8/h2-5,7,10-11,22H,6H2,1H3,(H,23,24)/t7-,10-,11-/m0/s1. The van der Waals surface area contributed by atoms with Gasteiger partial charge in [-0.25, -0.2) is 0 Å². The second-order valence-corrected chi connectivity index (χ2v) is 6.18. The monoisotopic (exact) mass is 421 g/mol. The van der Waals surface area contributed by atoms with Crippen LogP contribution in [0.15, 0.2) is 28.7 Å². The Morgan fingerprint density at radius 1 is 1.12 bits per heavy atom. The number of halogens is 7. The highest BCUT2D eigenvalue weighted by atomic mass is 79.9. The van der Waals surface area contributed by atoms with Crippen LogP contribution in [0.1, 0.15) is 24.9 Å². The Morgan fingerprint density at radius 3 is 2.00 bits per heavy atom. The van der Waals surface area contributed by atoms with Gasteiger partial charge in [0.25, 0.3) is 0 Å². The lowest BCUT2D eigenvalue weighted by Crippen LogP contribution is -2.46. The zero-order valence-electron chi connectivity index (χ0n) is 12.2. The summed E-state index contributed by atoms with van der Waals surface area (Å²) in [7, 11) is 0. The fraction of sp³-hybridized carbons (Fsp3) is 0.500. The lowest BCUT2D eigenvalue weighted by atomic mass is 9.98. The lowest BCUT2D eigenvalue weighted by molar-refractivity contribution is -0.178. The Balaban J connectivity index is 3.05. The van der Waals surface area contributed by atoms with Crippen molar-refractivity contribution in [1.82, 2.24) is 5.32 Å². The number of nitrogens with one attached hydrogen (secondary N) is 1. The minimum atomic E-state index is -4.87. The summed E-state index contributed by atoms with van der Waals surface area (Å²) < 4.78 is 77.8. The maximum atomic E-state index is 13.2. The molecular formula is C14H14BrF6NO2. The molecule has 136 valence electrons. The molecule has 0 saturated heterocycles. The van der Waals surface area contributed by atoms with E-state index in [9.17, 15) is 31.1 Å². The molecule has 2 N–H and O–H groups in total. The van der Waals surface area contributed by atoms with Gasteiger partial charge in [0.1, 0.15) is 12.1 Å². The Morgan fingerprint density at radius 2 is 1.62 bits per heavy atom. The van der Waals surface area contributed by atoms with Gasteiger partial charge in [-0.1, -0.05) is 35.0 Å². The molecule has 0 aliphatic rings. The Hall–Kier alpha value is -1.29. The van der Waals surface area contributed by atoms with Gasteiger partial charge >= 0.3 is 18.3 Å². The minimum absolute atomic E-state index is 0.295. The molecule has 0 saturated carbocycles. The molecule has 1 aromatic carbocycles. The third-order valence-corrected chi connectivity index (χ3v) is 3.87. The summed E-state index contributed by atoms with van der Waals surface area (Å²) in [5, 5.41) is 10.8. The minimum Gasteiger partial charge on any atom is -0.480 e. The molecule has 0 amide bonds. The molecule has 3 nitrogen and oxygen atoms in total. The molecule has 1 aromatic rings. The van der Waals surface area contributed by atoms with Crippen molar-refractivity contribution in [3.63, 3.8) is 0 Å². The first-order valence-electron chi connectivity index (χ1n) is 6.70. The predicted octanol–water partition coefficient (Wildman–Crippen LogP) is 4.68. The smallest absolute Gasteiger partial charge is 0.407 e. The maximum absolute atomic E-state index is 13.2. The van der Waals surface area contributed by atoms with Crippen molar-refractivity contribution in [2.75, 3.05) is 0 Å². The molecule has 10 heteroatoms. The van der Waals surface area contributed by atoms with E-state index in [1.54, 1.807) is 5.32 Å². The number of hydrogen-bond acceptors (Lipinski definition) is 2. The summed E-state index contributed by atoms with van der Waals surface area (Å²) in [5.41, 5.74) is -0.295. The Bertz CT molecular complexity index is 558. The first kappa shape index (κ1) is 20.8. The van der Waals surface area contributed by atoms with E-state index in [2.05, 4.69) is 15.9 Å². The number of hydrogen-bond donors (Lipinski definition) is 2. The summed E-state index contributed by atoms with van der Waals surface area (Å²) in [6.45, 7) is 0.722. The van der Waals surface area contributed by atoms with E-state index in [0.29, 0.717) is 4.47 Å². The summed E-state index contributed by atoms with van der Waals surface area (Å²) in [6.07, 6.45) is -10.6. The Kier molecular flexibility index (Phi) is 6.68. The van der Waals surface area contributed by atoms with E-state index in [-0.39, 0.29) is 5.56 Å². The molecule has 0 bridgehead atoms. The molecule has 1 rings (SSSR count). The van der Waals surface area contributed by atoms with E-state index in [1.807, 2.05) is 0 Å². The third-order valence-electron chi connectivity index (χ3n) is 3.34. The van der Waals surface area contributed by atoms with Gasteiger partial charge in [-0.3, -0.25) is 10.1 Å². The third kappa shape index (κ3) is 5.97. The summed E-state index contributed by atoms with van der Waals surface area (Å²) in [6, 6.07) is 0.472. The van der Waals surface area contributed by atoms with Crippen LogP contribution in [-0.4, -0.2) is 29.5 Å². The van der Waals surface area contributed by atoms with Crippen molar-refractivity contribution >= 4 is 21.9 Å². The SMILES string of the molecule is C[C@@H](C[C@H](N[C@@H](c1ccc(Br)cc1)C(F)(F)F)C(=O)O)C(F)(F)F. The van der Waals surface area contributed by atoms with E-state index in [4.69, 9.17) is 5.11 Å². The summed E-state index contributed by atoms with van der Waals surface area (Å²) >= 11 is 3.05. The van der Waals surface area contributed by atoms with Crippen LogP contribution in [0.3, 0.4) is 0 Å². The van der Waals surface area contributed by atoms with E-state index in [0.717, 1.165) is 19.1 Å². The van der Waals surface area contributed by atoms with Crippen molar-refractivity contribution in [3.8, 4) is 0 Å². The first-order chi connectivity index (χ1) is 10.8. The van der Waals surface area contributed by atoms with Gasteiger partial charge in [0.15, 0.2) is 0 Å². The van der Waals surface area contributed by atoms with Crippen molar-refractivity contribution in [1.29, 1.82) is 0 Å². The zero-order chi connectivity index (χ0) is 18.7. The molecule has 0 heterocycles. The average Bonchev–Trinajstić information content (AvgIpc) is 2.41. The number of alkyl halides is 6. The fourth-order valence-corrected chi connectivity index (χ4v) is 2.23. The van der Waals surface area contributed by atoms with Gasteiger partial charge in [0.05, 0.1) is 5.92 Å². The largest absolute Gasteiger partial charge is 0.480 e. The van der Waals surface area contributed by atoms with Crippen LogP contribution in [0.4, 0.5) is 26.3 Å². The molecule has 0 aliphatic carbocycles. The number of rotatable bonds is 6. The number of carboxylic acids is 1. The van der Waals surface area contributed by atoms with Gasteiger partial charge in [0, 0.05) is 4.47 Å². The number of benzene rings is 1. The molecule has 0 fully saturated rings. The maximum Gasteiger partial charge on any atom is 0.407 e. The van der Waals surface area contributed by atoms with Gasteiger partial charge in [-0.15, -0.1) is 0 Å². The highest BCUT2D eigenvalue weighted by molar-refractivity contribution is 9.10. The summed E-state index contributed by atoms with van der Waals surface area (Å²) in [4.78, 5) is 11.1. The topological polar surface area (TPSA) is 49.3 Å². The highest BCUT2D eigenvalue weighted by Crippen LogP contribution is 2.35. The van der Waals surface area contributed by atoms with Crippen LogP contribution >= 0.6 is 15.9 Å². The zero-order valence-corrected chi connectivity index (χ0v) is 13.8. The molecule has 0 radical (unpaired) electrons. The number of carbonyl (C=O) groups is 1. The predicted molar refractivity (Wildman–Crippen MR) is 77.3 cm³/mol. The van der Waals surface area contributed by atoms with Crippen LogP contribution in [0.25, 0.3) is 0 Å². The number of carboxylic acid groups (broad SMARTS) is 1. The van der Waals surface area contributed by atoms with Crippen molar-refractivity contribution in [2.45, 2.75) is 37.8 Å². The molecular weight excluding hydrogens is 408 g/mol. The first-order valence-corrected chi connectivity index (χ1v) is 7.49. The molecule has 3 atom stereocenters. The van der Waals surface area contributed by atoms with E-state index < -0.39 is 42.7 Å². The second-order valence-electron chi connectivity index (χ2n) is 5.26. The van der Waals surface area contributed by atoms with Crippen LogP contribution < -0.4 is 5.32 Å². The van der Waals surface area contributed by atoms with Crippen LogP contribution in [0.5, 0.6) is 0 Å². The van der Waals surface area contributed by atoms with Gasteiger partial charge < -0.3 is 5.11 Å². The van der Waals surface area contributed by atoms with Crippen LogP contribution in [0, 0.1) is 5.92 Å². The summed E-state index contributed by atoms with van der Waals surface area (Å²) in [5.74, 6) is -3.85. The van der Waals surface area contributed by atoms with Gasteiger partial charge in [-0.05, 0) is 24.1 Å². The normalized spacial score (nSPS) is 16.5. The Labute approximate surface area is 142 Å². The van der Waals surface area contributed by atoms with Crippen LogP contribution in [0.2, 0.25) is 0 Å². The van der Waals surface area contributed by atoms with E-state index in [1.165, 1.54) is 12.1 Å². The molecule has 0 aromatic heterocycles. The van der Waals surface area contributed by atoms with E-state index >= 15 is 0 Å². The van der Waals surface area contributed by atoms with Crippen molar-refractivity contribution < 1.29 is 36.2 Å². The van der Waals surface area contributed by atoms with Crippen molar-refractivity contribution in [2.24, 2.45) is 5.92 Å². The quantitative estimate of drug-likeness (QED) is 0.655. The van der Waals surface area contributed by atoms with Crippen LogP contribution in [-0.2, 0) is 4.79 Å². The molecule has 0 unspecified atom stereocenters.